The fraction of sp³-hybridized carbons (Fsp3) is 0.211. The van der Waals surface area contributed by atoms with E-state index in [4.69, 9.17) is 17.0 Å². The number of carbonyl (C=O) groups is 2. The lowest BCUT2D eigenvalue weighted by atomic mass is 10.2. The predicted molar refractivity (Wildman–Crippen MR) is 111 cm³/mol. The summed E-state index contributed by atoms with van der Waals surface area (Å²) in [6.45, 7) is 4.74. The smallest absolute Gasteiger partial charge is 0.269 e. The maximum Gasteiger partial charge on any atom is 0.269 e. The minimum absolute atomic E-state index is 0.000987. The summed E-state index contributed by atoms with van der Waals surface area (Å²) in [6, 6.07) is 10.5. The van der Waals surface area contributed by atoms with Crippen LogP contribution in [0.5, 0.6) is 5.75 Å². The summed E-state index contributed by atoms with van der Waals surface area (Å²) in [7, 11) is 0. The molecule has 0 aliphatic rings. The van der Waals surface area contributed by atoms with Crippen molar-refractivity contribution in [1.29, 1.82) is 0 Å². The first-order valence-electron chi connectivity index (χ1n) is 8.30. The first-order valence-corrected chi connectivity index (χ1v) is 9.58. The third-order valence-electron chi connectivity index (χ3n) is 3.17. The fourth-order valence-electron chi connectivity index (χ4n) is 1.88. The molecule has 27 heavy (non-hydrogen) atoms. The van der Waals surface area contributed by atoms with Gasteiger partial charge < -0.3 is 4.74 Å². The normalized spacial score (nSPS) is 10.6. The lowest BCUT2D eigenvalue weighted by molar-refractivity contribution is -0.115. The number of rotatable bonds is 6. The Hall–Kier alpha value is -2.71. The van der Waals surface area contributed by atoms with Crippen molar-refractivity contribution in [2.24, 2.45) is 5.92 Å². The maximum atomic E-state index is 12.1. The van der Waals surface area contributed by atoms with Crippen molar-refractivity contribution in [3.05, 3.63) is 58.3 Å². The van der Waals surface area contributed by atoms with Gasteiger partial charge in [0, 0.05) is 16.5 Å². The van der Waals surface area contributed by atoms with Gasteiger partial charge in [0.25, 0.3) is 5.91 Å². The molecule has 2 aromatic rings. The molecule has 3 N–H and O–H groups in total. The van der Waals surface area contributed by atoms with Gasteiger partial charge in [-0.25, -0.2) is 0 Å². The number of thiocarbonyl (C=S) groups is 1. The highest BCUT2D eigenvalue weighted by atomic mass is 32.1. The van der Waals surface area contributed by atoms with Crippen LogP contribution in [0.15, 0.2) is 47.9 Å². The summed E-state index contributed by atoms with van der Waals surface area (Å²) < 4.78 is 5.57. The van der Waals surface area contributed by atoms with Crippen LogP contribution in [-0.2, 0) is 4.79 Å². The molecule has 2 amide bonds. The highest BCUT2D eigenvalue weighted by Gasteiger charge is 2.07. The van der Waals surface area contributed by atoms with Crippen LogP contribution in [0.2, 0.25) is 0 Å². The second-order valence-electron chi connectivity index (χ2n) is 5.98. The Labute approximate surface area is 167 Å². The zero-order chi connectivity index (χ0) is 19.6. The van der Waals surface area contributed by atoms with Gasteiger partial charge in [-0.05, 0) is 59.9 Å². The molecule has 0 spiro atoms. The monoisotopic (exact) mass is 403 g/mol. The number of thiophene rings is 1. The van der Waals surface area contributed by atoms with Gasteiger partial charge in [0.1, 0.15) is 5.75 Å². The molecule has 0 bridgehead atoms. The van der Waals surface area contributed by atoms with Crippen LogP contribution in [0.4, 0.5) is 0 Å². The van der Waals surface area contributed by atoms with Gasteiger partial charge in [0.15, 0.2) is 5.11 Å². The van der Waals surface area contributed by atoms with Crippen molar-refractivity contribution < 1.29 is 14.3 Å². The van der Waals surface area contributed by atoms with Crippen molar-refractivity contribution in [3.8, 4) is 5.75 Å². The van der Waals surface area contributed by atoms with Gasteiger partial charge >= 0.3 is 0 Å². The van der Waals surface area contributed by atoms with Crippen LogP contribution in [0.1, 0.15) is 29.1 Å². The number of benzene rings is 1. The molecule has 1 aromatic heterocycles. The lowest BCUT2D eigenvalue weighted by Gasteiger charge is -2.11. The molecule has 0 saturated heterocycles. The van der Waals surface area contributed by atoms with E-state index in [0.717, 1.165) is 4.88 Å². The average Bonchev–Trinajstić information content (AvgIpc) is 3.17. The number of ether oxygens (including phenoxy) is 1. The molecule has 0 aliphatic carbocycles. The third kappa shape index (κ3) is 7.59. The van der Waals surface area contributed by atoms with E-state index < -0.39 is 0 Å². The minimum atomic E-state index is -0.387. The Bertz CT molecular complexity index is 800. The van der Waals surface area contributed by atoms with Crippen LogP contribution < -0.4 is 20.9 Å². The van der Waals surface area contributed by atoms with Crippen molar-refractivity contribution in [2.45, 2.75) is 13.8 Å². The van der Waals surface area contributed by atoms with Crippen LogP contribution >= 0.6 is 23.6 Å². The quantitative estimate of drug-likeness (QED) is 0.392. The van der Waals surface area contributed by atoms with E-state index in [9.17, 15) is 9.59 Å². The number of hydrazine groups is 1. The lowest BCUT2D eigenvalue weighted by Crippen LogP contribution is -2.48. The van der Waals surface area contributed by atoms with Crippen molar-refractivity contribution in [1.82, 2.24) is 16.2 Å². The number of nitrogens with one attached hydrogen (secondary N) is 3. The van der Waals surface area contributed by atoms with Gasteiger partial charge in [0.2, 0.25) is 5.91 Å². The number of carbonyl (C=O) groups excluding carboxylic acids is 2. The Morgan fingerprint density at radius 1 is 1.19 bits per heavy atom. The van der Waals surface area contributed by atoms with Crippen LogP contribution in [0, 0.1) is 5.92 Å². The molecule has 1 heterocycles. The van der Waals surface area contributed by atoms with E-state index in [0.29, 0.717) is 23.8 Å². The first kappa shape index (κ1) is 20.6. The molecule has 0 fully saturated rings. The predicted octanol–water partition coefficient (Wildman–Crippen LogP) is 3.13. The Kier molecular flexibility index (Phi) is 7.97. The summed E-state index contributed by atoms with van der Waals surface area (Å²) in [4.78, 5) is 24.8. The van der Waals surface area contributed by atoms with Gasteiger partial charge in [0.05, 0.1) is 6.61 Å². The molecule has 0 saturated carbocycles. The SMILES string of the molecule is CC(C)COc1ccc(C(=O)NNC(=S)NC(=O)C=Cc2cccs2)cc1. The largest absolute Gasteiger partial charge is 0.493 e. The van der Waals surface area contributed by atoms with E-state index in [1.54, 1.807) is 30.3 Å². The van der Waals surface area contributed by atoms with E-state index in [2.05, 4.69) is 30.0 Å². The fourth-order valence-corrected chi connectivity index (χ4v) is 2.65. The van der Waals surface area contributed by atoms with E-state index in [1.807, 2.05) is 17.5 Å². The molecule has 0 unspecified atom stereocenters. The molecule has 0 radical (unpaired) electrons. The molecule has 8 heteroatoms. The molecule has 142 valence electrons. The number of hydrogen-bond donors (Lipinski definition) is 3. The molecule has 0 atom stereocenters. The molecular weight excluding hydrogens is 382 g/mol. The topological polar surface area (TPSA) is 79.5 Å². The second kappa shape index (κ2) is 10.4. The van der Waals surface area contributed by atoms with Gasteiger partial charge in [-0.2, -0.15) is 0 Å². The highest BCUT2D eigenvalue weighted by Crippen LogP contribution is 2.13. The standard InChI is InChI=1S/C19H21N3O3S2/c1-13(2)12-25-15-7-5-14(6-8-15)18(24)21-22-19(26)20-17(23)10-9-16-4-3-11-27-16/h3-11,13H,12H2,1-2H3,(H,21,24)(H2,20,22,23,26). The Morgan fingerprint density at radius 2 is 1.93 bits per heavy atom. The second-order valence-corrected chi connectivity index (χ2v) is 7.36. The van der Waals surface area contributed by atoms with Crippen molar-refractivity contribution in [3.63, 3.8) is 0 Å². The Balaban J connectivity index is 1.75. The summed E-state index contributed by atoms with van der Waals surface area (Å²) in [5.74, 6) is 0.361. The van der Waals surface area contributed by atoms with Gasteiger partial charge in [-0.1, -0.05) is 19.9 Å². The summed E-state index contributed by atoms with van der Waals surface area (Å²) in [6.07, 6.45) is 3.06. The maximum absolute atomic E-state index is 12.1. The summed E-state index contributed by atoms with van der Waals surface area (Å²) in [5, 5.41) is 4.37. The number of amides is 2. The molecule has 2 rings (SSSR count). The minimum Gasteiger partial charge on any atom is -0.493 e. The van der Waals surface area contributed by atoms with E-state index in [1.165, 1.54) is 17.4 Å². The van der Waals surface area contributed by atoms with Gasteiger partial charge in [-0.15, -0.1) is 11.3 Å². The van der Waals surface area contributed by atoms with E-state index >= 15 is 0 Å². The Morgan fingerprint density at radius 3 is 2.56 bits per heavy atom. The van der Waals surface area contributed by atoms with Crippen molar-refractivity contribution >= 4 is 46.6 Å². The van der Waals surface area contributed by atoms with Crippen LogP contribution in [0.3, 0.4) is 0 Å². The van der Waals surface area contributed by atoms with Crippen LogP contribution in [0.25, 0.3) is 6.08 Å². The molecule has 0 aliphatic heterocycles. The molecule has 6 nitrogen and oxygen atoms in total. The average molecular weight is 404 g/mol. The molecule has 1 aromatic carbocycles. The zero-order valence-electron chi connectivity index (χ0n) is 15.0. The third-order valence-corrected chi connectivity index (χ3v) is 4.21. The van der Waals surface area contributed by atoms with E-state index in [-0.39, 0.29) is 16.9 Å². The molecular formula is C19H21N3O3S2. The van der Waals surface area contributed by atoms with Crippen LogP contribution in [-0.4, -0.2) is 23.5 Å². The highest BCUT2D eigenvalue weighted by molar-refractivity contribution is 7.80. The van der Waals surface area contributed by atoms with Crippen molar-refractivity contribution in [2.75, 3.05) is 6.61 Å². The number of hydrogen-bond acceptors (Lipinski definition) is 5. The first-order chi connectivity index (χ1) is 12.9. The summed E-state index contributed by atoms with van der Waals surface area (Å²) >= 11 is 6.50. The van der Waals surface area contributed by atoms with Gasteiger partial charge in [-0.3, -0.25) is 25.8 Å². The summed E-state index contributed by atoms with van der Waals surface area (Å²) in [5.41, 5.74) is 5.37. The zero-order valence-corrected chi connectivity index (χ0v) is 16.7.